The molecule has 3 heteroatoms. The molecule has 0 saturated heterocycles. The summed E-state index contributed by atoms with van der Waals surface area (Å²) in [5, 5.41) is 0. The second kappa shape index (κ2) is 3.18. The molecule has 0 unspecified atom stereocenters. The zero-order valence-corrected chi connectivity index (χ0v) is 8.11. The number of hydrogen-bond donors (Lipinski definition) is 0. The summed E-state index contributed by atoms with van der Waals surface area (Å²) in [6.07, 6.45) is 5.17. The van der Waals surface area contributed by atoms with Crippen LogP contribution in [0.2, 0.25) is 0 Å². The molecule has 0 aliphatic carbocycles. The maximum Gasteiger partial charge on any atom is 0.108 e. The lowest BCUT2D eigenvalue weighted by Crippen LogP contribution is -1.80. The van der Waals surface area contributed by atoms with E-state index >= 15 is 0 Å². The first-order chi connectivity index (χ1) is 4.72. The molecule has 0 amide bonds. The third kappa shape index (κ3) is 1.83. The molecule has 1 rings (SSSR count). The van der Waals surface area contributed by atoms with Crippen molar-refractivity contribution in [3.05, 3.63) is 26.9 Å². The van der Waals surface area contributed by atoms with Gasteiger partial charge in [-0.2, -0.15) is 0 Å². The highest BCUT2D eigenvalue weighted by molar-refractivity contribution is 9.11. The van der Waals surface area contributed by atoms with E-state index in [1.165, 1.54) is 0 Å². The fraction of sp³-hybridized carbons (Fsp3) is 0. The average Bonchev–Trinajstić information content (AvgIpc) is 1.85. The molecule has 1 heterocycles. The number of pyridine rings is 1. The second-order valence-electron chi connectivity index (χ2n) is 1.65. The average molecular weight is 261 g/mol. The first-order valence-corrected chi connectivity index (χ1v) is 4.10. The van der Waals surface area contributed by atoms with Crippen LogP contribution in [0, 0.1) is 12.3 Å². The van der Waals surface area contributed by atoms with Crippen molar-refractivity contribution in [3.8, 4) is 12.3 Å². The summed E-state index contributed by atoms with van der Waals surface area (Å²) in [6, 6.07) is 3.56. The van der Waals surface area contributed by atoms with Crippen molar-refractivity contribution in [2.24, 2.45) is 0 Å². The number of hydrogen-bond acceptors (Lipinski definition) is 1. The highest BCUT2D eigenvalue weighted by atomic mass is 79.9. The van der Waals surface area contributed by atoms with Crippen LogP contribution in [-0.4, -0.2) is 4.98 Å². The minimum Gasteiger partial charge on any atom is -0.234 e. The lowest BCUT2D eigenvalue weighted by Gasteiger charge is -1.92. The van der Waals surface area contributed by atoms with Crippen LogP contribution in [0.25, 0.3) is 0 Å². The minimum absolute atomic E-state index is 0.745. The number of rotatable bonds is 0. The van der Waals surface area contributed by atoms with E-state index in [9.17, 15) is 0 Å². The van der Waals surface area contributed by atoms with Crippen LogP contribution in [0.3, 0.4) is 0 Å². The van der Waals surface area contributed by atoms with Crippen LogP contribution >= 0.6 is 31.9 Å². The Balaban J connectivity index is 3.22. The van der Waals surface area contributed by atoms with Crippen LogP contribution in [0.5, 0.6) is 0 Å². The first kappa shape index (κ1) is 7.77. The van der Waals surface area contributed by atoms with Gasteiger partial charge in [0.2, 0.25) is 0 Å². The Bertz CT molecular complexity index is 268. The highest BCUT2D eigenvalue weighted by Gasteiger charge is 1.94. The smallest absolute Gasteiger partial charge is 0.108 e. The Labute approximate surface area is 76.1 Å². The number of aromatic nitrogens is 1. The van der Waals surface area contributed by atoms with Gasteiger partial charge in [0.05, 0.1) is 0 Å². The normalized spacial score (nSPS) is 8.90. The lowest BCUT2D eigenvalue weighted by molar-refractivity contribution is 1.22. The van der Waals surface area contributed by atoms with Gasteiger partial charge in [0.1, 0.15) is 9.21 Å². The fourth-order valence-electron chi connectivity index (χ4n) is 0.548. The largest absolute Gasteiger partial charge is 0.234 e. The predicted molar refractivity (Wildman–Crippen MR) is 47.6 cm³/mol. The summed E-state index contributed by atoms with van der Waals surface area (Å²) >= 11 is 6.43. The van der Waals surface area contributed by atoms with Crippen LogP contribution < -0.4 is 0 Å². The van der Waals surface area contributed by atoms with E-state index in [1.54, 1.807) is 12.1 Å². The van der Waals surface area contributed by atoms with Crippen molar-refractivity contribution >= 4 is 31.9 Å². The van der Waals surface area contributed by atoms with Crippen LogP contribution in [0.1, 0.15) is 5.56 Å². The van der Waals surface area contributed by atoms with E-state index in [2.05, 4.69) is 42.8 Å². The molecule has 1 aromatic heterocycles. The minimum atomic E-state index is 0.745. The SMILES string of the molecule is C#Cc1cc(Br)nc(Br)c1. The number of nitrogens with zero attached hydrogens (tertiary/aromatic N) is 1. The van der Waals surface area contributed by atoms with Crippen molar-refractivity contribution in [3.63, 3.8) is 0 Å². The van der Waals surface area contributed by atoms with Gasteiger partial charge in [-0.25, -0.2) is 4.98 Å². The maximum absolute atomic E-state index is 5.17. The first-order valence-electron chi connectivity index (χ1n) is 2.52. The van der Waals surface area contributed by atoms with E-state index in [-0.39, 0.29) is 0 Å². The summed E-state index contributed by atoms with van der Waals surface area (Å²) in [5.74, 6) is 2.51. The third-order valence-corrected chi connectivity index (χ3v) is 1.74. The third-order valence-electron chi connectivity index (χ3n) is 0.929. The van der Waals surface area contributed by atoms with E-state index in [1.807, 2.05) is 0 Å². The molecule has 1 aromatic rings. The predicted octanol–water partition coefficient (Wildman–Crippen LogP) is 2.59. The fourth-order valence-corrected chi connectivity index (χ4v) is 1.66. The zero-order valence-electron chi connectivity index (χ0n) is 4.94. The van der Waals surface area contributed by atoms with Gasteiger partial charge in [-0.1, -0.05) is 5.92 Å². The molecule has 0 bridgehead atoms. The standard InChI is InChI=1S/C7H3Br2N/c1-2-5-3-6(8)10-7(9)4-5/h1,3-4H. The molecular formula is C7H3Br2N. The monoisotopic (exact) mass is 259 g/mol. The quantitative estimate of drug-likeness (QED) is 0.516. The summed E-state index contributed by atoms with van der Waals surface area (Å²) in [6.45, 7) is 0. The molecule has 10 heavy (non-hydrogen) atoms. The summed E-state index contributed by atoms with van der Waals surface area (Å²) in [4.78, 5) is 4.02. The van der Waals surface area contributed by atoms with Crippen LogP contribution in [0.15, 0.2) is 21.3 Å². The van der Waals surface area contributed by atoms with E-state index in [0.29, 0.717) is 0 Å². The Morgan fingerprint density at radius 1 is 1.30 bits per heavy atom. The molecule has 0 fully saturated rings. The Kier molecular flexibility index (Phi) is 2.47. The molecule has 1 nitrogen and oxygen atoms in total. The zero-order chi connectivity index (χ0) is 7.56. The maximum atomic E-state index is 5.17. The topological polar surface area (TPSA) is 12.9 Å². The van der Waals surface area contributed by atoms with Crippen molar-refractivity contribution in [1.82, 2.24) is 4.98 Å². The highest BCUT2D eigenvalue weighted by Crippen LogP contribution is 2.14. The lowest BCUT2D eigenvalue weighted by atomic mass is 10.3. The van der Waals surface area contributed by atoms with Gasteiger partial charge in [0, 0.05) is 5.56 Å². The van der Waals surface area contributed by atoms with Gasteiger partial charge in [-0.05, 0) is 44.0 Å². The molecule has 0 spiro atoms. The van der Waals surface area contributed by atoms with Crippen molar-refractivity contribution < 1.29 is 0 Å². The number of halogens is 2. The Morgan fingerprint density at radius 3 is 2.20 bits per heavy atom. The van der Waals surface area contributed by atoms with Gasteiger partial charge in [0.25, 0.3) is 0 Å². The molecular weight excluding hydrogens is 258 g/mol. The van der Waals surface area contributed by atoms with Gasteiger partial charge in [-0.15, -0.1) is 6.42 Å². The molecule has 0 saturated carbocycles. The van der Waals surface area contributed by atoms with Crippen molar-refractivity contribution in [2.45, 2.75) is 0 Å². The van der Waals surface area contributed by atoms with Crippen LogP contribution in [0.4, 0.5) is 0 Å². The molecule has 0 aromatic carbocycles. The summed E-state index contributed by atoms with van der Waals surface area (Å²) < 4.78 is 1.49. The molecule has 0 aliphatic rings. The van der Waals surface area contributed by atoms with E-state index in [0.717, 1.165) is 14.8 Å². The van der Waals surface area contributed by atoms with Crippen molar-refractivity contribution in [2.75, 3.05) is 0 Å². The van der Waals surface area contributed by atoms with Gasteiger partial charge >= 0.3 is 0 Å². The molecule has 0 atom stereocenters. The number of terminal acetylenes is 1. The summed E-state index contributed by atoms with van der Waals surface area (Å²) in [7, 11) is 0. The Hall–Kier alpha value is -0.330. The molecule has 0 aliphatic heterocycles. The van der Waals surface area contributed by atoms with Gasteiger partial charge in [-0.3, -0.25) is 0 Å². The molecule has 0 N–H and O–H groups in total. The summed E-state index contributed by atoms with van der Waals surface area (Å²) in [5.41, 5.74) is 0.814. The van der Waals surface area contributed by atoms with E-state index in [4.69, 9.17) is 6.42 Å². The van der Waals surface area contributed by atoms with E-state index < -0.39 is 0 Å². The van der Waals surface area contributed by atoms with Gasteiger partial charge < -0.3 is 0 Å². The van der Waals surface area contributed by atoms with Crippen LogP contribution in [-0.2, 0) is 0 Å². The molecule has 50 valence electrons. The molecule has 0 radical (unpaired) electrons. The Morgan fingerprint density at radius 2 is 1.80 bits per heavy atom. The van der Waals surface area contributed by atoms with Crippen molar-refractivity contribution in [1.29, 1.82) is 0 Å². The van der Waals surface area contributed by atoms with Gasteiger partial charge in [0.15, 0.2) is 0 Å². The second-order valence-corrected chi connectivity index (χ2v) is 3.27.